The van der Waals surface area contributed by atoms with E-state index in [9.17, 15) is 5.11 Å². The van der Waals surface area contributed by atoms with E-state index in [-0.39, 0.29) is 6.61 Å². The number of allylic oxidation sites excluding steroid dienone is 2. The number of hydrogen-bond donors (Lipinski definition) is 2. The molecule has 0 aliphatic rings. The maximum absolute atomic E-state index is 9.51. The minimum atomic E-state index is -0.744. The van der Waals surface area contributed by atoms with Gasteiger partial charge in [0.1, 0.15) is 6.10 Å². The van der Waals surface area contributed by atoms with E-state index < -0.39 is 6.10 Å². The Morgan fingerprint density at radius 3 is 2.58 bits per heavy atom. The molecule has 0 saturated carbocycles. The second-order valence-corrected chi connectivity index (χ2v) is 4.20. The molecule has 2 nitrogen and oxygen atoms in total. The van der Waals surface area contributed by atoms with Gasteiger partial charge in [0.05, 0.1) is 6.61 Å². The summed E-state index contributed by atoms with van der Waals surface area (Å²) < 4.78 is 0. The summed E-state index contributed by atoms with van der Waals surface area (Å²) in [6.45, 7) is 2.18. The second-order valence-electron chi connectivity index (χ2n) is 4.20. The lowest BCUT2D eigenvalue weighted by molar-refractivity contribution is 0.280. The van der Waals surface area contributed by atoms with E-state index in [1.165, 1.54) is 44.3 Å². The van der Waals surface area contributed by atoms with Crippen molar-refractivity contribution in [1.82, 2.24) is 0 Å². The van der Waals surface area contributed by atoms with Crippen LogP contribution in [0.3, 0.4) is 0 Å². The van der Waals surface area contributed by atoms with Gasteiger partial charge >= 0.3 is 0 Å². The van der Waals surface area contributed by atoms with E-state index in [4.69, 9.17) is 5.11 Å². The maximum Gasteiger partial charge on any atom is 0.134 e. The lowest BCUT2D eigenvalue weighted by Crippen LogP contribution is -1.96. The van der Waals surface area contributed by atoms with Gasteiger partial charge in [0.15, 0.2) is 0 Å². The molecule has 0 fully saturated rings. The predicted octanol–water partition coefficient (Wildman–Crippen LogP) is 2.82. The molecule has 104 valence electrons. The highest BCUT2D eigenvalue weighted by atomic mass is 16.3. The summed E-state index contributed by atoms with van der Waals surface area (Å²) in [6.07, 6.45) is 13.3. The Kier molecular flexibility index (Phi) is 13.4. The van der Waals surface area contributed by atoms with Crippen molar-refractivity contribution in [2.45, 2.75) is 51.6 Å². The molecular weight excluding hydrogens is 236 g/mol. The summed E-state index contributed by atoms with van der Waals surface area (Å²) in [5.74, 6) is 10.4. The van der Waals surface area contributed by atoms with E-state index in [2.05, 4.69) is 30.6 Å². The molecule has 0 aliphatic carbocycles. The van der Waals surface area contributed by atoms with Crippen LogP contribution in [0.4, 0.5) is 0 Å². The smallest absolute Gasteiger partial charge is 0.134 e. The van der Waals surface area contributed by atoms with Gasteiger partial charge in [0.25, 0.3) is 0 Å². The Hall–Kier alpha value is -1.48. The molecule has 2 heteroatoms. The molecule has 0 spiro atoms. The first kappa shape index (κ1) is 17.5. The third kappa shape index (κ3) is 14.5. The molecule has 0 rings (SSSR count). The first-order valence-electron chi connectivity index (χ1n) is 6.93. The fourth-order valence-corrected chi connectivity index (χ4v) is 1.44. The van der Waals surface area contributed by atoms with Gasteiger partial charge in [-0.1, -0.05) is 56.6 Å². The molecule has 2 N–H and O–H groups in total. The zero-order valence-corrected chi connectivity index (χ0v) is 11.7. The zero-order valence-electron chi connectivity index (χ0n) is 11.7. The van der Waals surface area contributed by atoms with Crippen LogP contribution in [0.25, 0.3) is 0 Å². The zero-order chi connectivity index (χ0) is 14.2. The minimum Gasteiger partial charge on any atom is -0.392 e. The summed E-state index contributed by atoms with van der Waals surface area (Å²) in [7, 11) is 0. The van der Waals surface area contributed by atoms with E-state index in [1.54, 1.807) is 6.08 Å². The molecule has 0 aromatic carbocycles. The highest BCUT2D eigenvalue weighted by Gasteiger charge is 1.90. The lowest BCUT2D eigenvalue weighted by Gasteiger charge is -1.96. The van der Waals surface area contributed by atoms with Crippen LogP contribution in [0.5, 0.6) is 0 Å². The Labute approximate surface area is 117 Å². The van der Waals surface area contributed by atoms with Gasteiger partial charge in [-0.2, -0.15) is 0 Å². The monoisotopic (exact) mass is 260 g/mol. The van der Waals surface area contributed by atoms with Crippen LogP contribution in [0.2, 0.25) is 0 Å². The summed E-state index contributed by atoms with van der Waals surface area (Å²) in [5, 5.41) is 18.0. The van der Waals surface area contributed by atoms with Crippen LogP contribution in [0, 0.1) is 23.7 Å². The average molecular weight is 260 g/mol. The number of hydrogen-bond acceptors (Lipinski definition) is 2. The Morgan fingerprint density at radius 1 is 1.05 bits per heavy atom. The van der Waals surface area contributed by atoms with Gasteiger partial charge in [-0.05, 0) is 36.8 Å². The summed E-state index contributed by atoms with van der Waals surface area (Å²) >= 11 is 0. The molecule has 0 aromatic rings. The molecule has 0 aliphatic heterocycles. The van der Waals surface area contributed by atoms with Crippen molar-refractivity contribution in [3.05, 3.63) is 24.3 Å². The van der Waals surface area contributed by atoms with Gasteiger partial charge in [0, 0.05) is 0 Å². The highest BCUT2D eigenvalue weighted by Crippen LogP contribution is 2.05. The Morgan fingerprint density at radius 2 is 1.84 bits per heavy atom. The molecule has 0 saturated heterocycles. The van der Waals surface area contributed by atoms with Gasteiger partial charge in [-0.15, -0.1) is 0 Å². The van der Waals surface area contributed by atoms with Crippen molar-refractivity contribution >= 4 is 0 Å². The third-order valence-electron chi connectivity index (χ3n) is 2.45. The first-order valence-corrected chi connectivity index (χ1v) is 6.93. The van der Waals surface area contributed by atoms with E-state index in [1.807, 2.05) is 6.08 Å². The van der Waals surface area contributed by atoms with Crippen molar-refractivity contribution in [2.24, 2.45) is 0 Å². The van der Waals surface area contributed by atoms with E-state index in [0.717, 1.165) is 6.42 Å². The van der Waals surface area contributed by atoms with Gasteiger partial charge in [0.2, 0.25) is 0 Å². The number of rotatable bonds is 8. The molecule has 0 radical (unpaired) electrons. The molecule has 0 unspecified atom stereocenters. The fraction of sp³-hybridized carbons (Fsp3) is 0.529. The molecule has 1 atom stereocenters. The van der Waals surface area contributed by atoms with Gasteiger partial charge in [-0.25, -0.2) is 0 Å². The topological polar surface area (TPSA) is 40.5 Å². The van der Waals surface area contributed by atoms with E-state index >= 15 is 0 Å². The average Bonchev–Trinajstić information content (AvgIpc) is 2.41. The third-order valence-corrected chi connectivity index (χ3v) is 2.45. The molecule has 0 heterocycles. The first-order chi connectivity index (χ1) is 9.31. The maximum atomic E-state index is 9.51. The lowest BCUT2D eigenvalue weighted by atomic mass is 10.1. The largest absolute Gasteiger partial charge is 0.392 e. The van der Waals surface area contributed by atoms with Crippen LogP contribution in [0.15, 0.2) is 24.3 Å². The van der Waals surface area contributed by atoms with Crippen molar-refractivity contribution in [3.8, 4) is 23.7 Å². The normalized spacial score (nSPS) is 11.9. The number of aliphatic hydroxyl groups excluding tert-OH is 2. The van der Waals surface area contributed by atoms with Crippen LogP contribution in [-0.2, 0) is 0 Å². The summed E-state index contributed by atoms with van der Waals surface area (Å²) in [5.41, 5.74) is 0. The Balaban J connectivity index is 3.72. The summed E-state index contributed by atoms with van der Waals surface area (Å²) in [4.78, 5) is 0. The van der Waals surface area contributed by atoms with Gasteiger partial charge < -0.3 is 10.2 Å². The van der Waals surface area contributed by atoms with Crippen molar-refractivity contribution in [2.75, 3.05) is 6.61 Å². The quantitative estimate of drug-likeness (QED) is 0.400. The van der Waals surface area contributed by atoms with E-state index in [0.29, 0.717) is 0 Å². The molecule has 0 aromatic heterocycles. The minimum absolute atomic E-state index is 0.0221. The van der Waals surface area contributed by atoms with Crippen molar-refractivity contribution in [1.29, 1.82) is 0 Å². The molecule has 0 bridgehead atoms. The molecule has 0 amide bonds. The predicted molar refractivity (Wildman–Crippen MR) is 80.3 cm³/mol. The molecular formula is C17H24O2. The number of unbranched alkanes of at least 4 members (excludes halogenated alkanes) is 5. The SMILES string of the molecule is CCCCCCC/C=C\[C@H](O)C#CC#C/C=C\CO. The Bertz CT molecular complexity index is 372. The van der Waals surface area contributed by atoms with Crippen molar-refractivity contribution < 1.29 is 10.2 Å². The second kappa shape index (κ2) is 14.6. The van der Waals surface area contributed by atoms with Crippen LogP contribution in [-0.4, -0.2) is 22.9 Å². The van der Waals surface area contributed by atoms with Crippen LogP contribution < -0.4 is 0 Å². The van der Waals surface area contributed by atoms with Crippen molar-refractivity contribution in [3.63, 3.8) is 0 Å². The summed E-state index contributed by atoms with van der Waals surface area (Å²) in [6, 6.07) is 0. The van der Waals surface area contributed by atoms with Crippen LogP contribution >= 0.6 is 0 Å². The van der Waals surface area contributed by atoms with Crippen LogP contribution in [0.1, 0.15) is 45.4 Å². The molecule has 19 heavy (non-hydrogen) atoms. The standard InChI is InChI=1S/C17H24O2/c1-2-3-4-5-6-8-11-14-17(19)15-12-9-7-10-13-16-18/h10-11,13-14,17-19H,2-6,8,16H2,1H3/b13-10-,14-11-/t17-/m0/s1. The highest BCUT2D eigenvalue weighted by molar-refractivity contribution is 5.32. The van der Waals surface area contributed by atoms with Gasteiger partial charge in [-0.3, -0.25) is 0 Å². The fourth-order valence-electron chi connectivity index (χ4n) is 1.44. The number of aliphatic hydroxyl groups is 2.